The first-order valence-electron chi connectivity index (χ1n) is 4.77. The third kappa shape index (κ3) is 3.10. The zero-order valence-electron chi connectivity index (χ0n) is 8.44. The third-order valence-corrected chi connectivity index (χ3v) is 2.70. The molecule has 1 aromatic carbocycles. The largest absolute Gasteiger partial charge is 0.390 e. The molecule has 2 N–H and O–H groups in total. The van der Waals surface area contributed by atoms with E-state index in [4.69, 9.17) is 0 Å². The van der Waals surface area contributed by atoms with E-state index in [0.29, 0.717) is 18.0 Å². The number of hydrogen-bond acceptors (Lipinski definition) is 3. The van der Waals surface area contributed by atoms with Gasteiger partial charge in [0, 0.05) is 16.5 Å². The summed E-state index contributed by atoms with van der Waals surface area (Å²) in [6, 6.07) is 3.66. The van der Waals surface area contributed by atoms with Gasteiger partial charge in [-0.3, -0.25) is 4.79 Å². The fraction of sp³-hybridized carbons (Fsp3) is 0.364. The number of halogens is 2. The highest BCUT2D eigenvalue weighted by Gasteiger charge is 2.21. The number of carbonyl (C=O) groups excluding carboxylic acids is 1. The Kier molecular flexibility index (Phi) is 5.05. The smallest absolute Gasteiger partial charge is 0.150 e. The topological polar surface area (TPSA) is 57.5 Å². The lowest BCUT2D eigenvalue weighted by molar-refractivity contribution is 0.0152. The molecule has 1 rings (SSSR count). The average molecular weight is 291 g/mol. The quantitative estimate of drug-likeness (QED) is 0.642. The molecule has 3 nitrogen and oxygen atoms in total. The van der Waals surface area contributed by atoms with Gasteiger partial charge >= 0.3 is 0 Å². The van der Waals surface area contributed by atoms with Crippen LogP contribution in [0.25, 0.3) is 0 Å². The zero-order valence-corrected chi connectivity index (χ0v) is 10.0. The number of aliphatic hydroxyl groups is 2. The molecule has 16 heavy (non-hydrogen) atoms. The van der Waals surface area contributed by atoms with Crippen LogP contribution in [0.4, 0.5) is 4.39 Å². The van der Waals surface area contributed by atoms with Crippen LogP contribution in [0.3, 0.4) is 0 Å². The van der Waals surface area contributed by atoms with Crippen molar-refractivity contribution in [3.8, 4) is 0 Å². The molecule has 0 fully saturated rings. The van der Waals surface area contributed by atoms with Crippen molar-refractivity contribution in [2.75, 3.05) is 5.33 Å². The number of rotatable bonds is 5. The number of benzene rings is 1. The second kappa shape index (κ2) is 6.08. The van der Waals surface area contributed by atoms with E-state index in [0.717, 1.165) is 6.07 Å². The first-order chi connectivity index (χ1) is 7.60. The van der Waals surface area contributed by atoms with Crippen molar-refractivity contribution in [2.45, 2.75) is 18.6 Å². The van der Waals surface area contributed by atoms with Gasteiger partial charge in [0.05, 0.1) is 6.10 Å². The molecule has 0 amide bonds. The Balaban J connectivity index is 2.97. The Morgan fingerprint density at radius 1 is 1.44 bits per heavy atom. The van der Waals surface area contributed by atoms with Crippen LogP contribution in [0.15, 0.2) is 18.2 Å². The summed E-state index contributed by atoms with van der Waals surface area (Å²) in [5.41, 5.74) is 0.208. The molecule has 5 heteroatoms. The molecule has 1 aromatic rings. The van der Waals surface area contributed by atoms with Crippen molar-refractivity contribution < 1.29 is 19.4 Å². The van der Waals surface area contributed by atoms with Crippen molar-refractivity contribution in [3.63, 3.8) is 0 Å². The lowest BCUT2D eigenvalue weighted by Gasteiger charge is -2.18. The van der Waals surface area contributed by atoms with E-state index >= 15 is 0 Å². The minimum atomic E-state index is -1.32. The van der Waals surface area contributed by atoms with Gasteiger partial charge in [-0.15, -0.1) is 0 Å². The molecule has 0 heterocycles. The van der Waals surface area contributed by atoms with Crippen LogP contribution in [0.2, 0.25) is 0 Å². The summed E-state index contributed by atoms with van der Waals surface area (Å²) in [5, 5.41) is 19.7. The van der Waals surface area contributed by atoms with Gasteiger partial charge in [-0.1, -0.05) is 15.9 Å². The standard InChI is InChI=1S/C11H12BrFO3/c12-4-3-10(15)11(16)8-5-7(6-14)1-2-9(8)13/h1-2,5-6,10-11,15-16H,3-4H2. The SMILES string of the molecule is O=Cc1ccc(F)c(C(O)C(O)CCBr)c1. The van der Waals surface area contributed by atoms with Crippen LogP contribution in [-0.4, -0.2) is 27.9 Å². The maximum atomic E-state index is 13.4. The molecule has 2 unspecified atom stereocenters. The number of alkyl halides is 1. The first kappa shape index (κ1) is 13.3. The van der Waals surface area contributed by atoms with Crippen LogP contribution in [0, 0.1) is 5.82 Å². The van der Waals surface area contributed by atoms with Gasteiger partial charge < -0.3 is 10.2 Å². The normalized spacial score (nSPS) is 14.5. The van der Waals surface area contributed by atoms with Gasteiger partial charge in [-0.2, -0.15) is 0 Å². The molecule has 0 spiro atoms. The van der Waals surface area contributed by atoms with Crippen molar-refractivity contribution in [2.24, 2.45) is 0 Å². The van der Waals surface area contributed by atoms with E-state index in [1.807, 2.05) is 0 Å². The second-order valence-corrected chi connectivity index (χ2v) is 4.18. The van der Waals surface area contributed by atoms with E-state index < -0.39 is 18.0 Å². The summed E-state index contributed by atoms with van der Waals surface area (Å²) in [7, 11) is 0. The Hall–Kier alpha value is -0.780. The minimum Gasteiger partial charge on any atom is -0.390 e. The van der Waals surface area contributed by atoms with Crippen LogP contribution in [0.5, 0.6) is 0 Å². The lowest BCUT2D eigenvalue weighted by atomic mass is 10.0. The van der Waals surface area contributed by atoms with E-state index in [1.54, 1.807) is 0 Å². The molecule has 0 aliphatic carbocycles. The number of aldehydes is 1. The summed E-state index contributed by atoms with van der Waals surface area (Å²) >= 11 is 3.12. The Labute approximate surface area is 101 Å². The Morgan fingerprint density at radius 3 is 2.69 bits per heavy atom. The fourth-order valence-corrected chi connectivity index (χ4v) is 1.81. The highest BCUT2D eigenvalue weighted by Crippen LogP contribution is 2.23. The molecule has 0 aliphatic heterocycles. The van der Waals surface area contributed by atoms with Crippen molar-refractivity contribution in [3.05, 3.63) is 35.1 Å². The predicted molar refractivity (Wildman–Crippen MR) is 61.2 cm³/mol. The van der Waals surface area contributed by atoms with Crippen molar-refractivity contribution in [1.82, 2.24) is 0 Å². The van der Waals surface area contributed by atoms with Gasteiger partial charge in [-0.05, 0) is 24.6 Å². The van der Waals surface area contributed by atoms with Crippen LogP contribution in [0.1, 0.15) is 28.4 Å². The molecular formula is C11H12BrFO3. The third-order valence-electron chi connectivity index (χ3n) is 2.24. The molecule has 0 aliphatic rings. The fourth-order valence-electron chi connectivity index (χ4n) is 1.34. The Morgan fingerprint density at radius 2 is 2.12 bits per heavy atom. The predicted octanol–water partition coefficient (Wildman–Crippen LogP) is 1.82. The maximum absolute atomic E-state index is 13.4. The molecule has 0 radical (unpaired) electrons. The van der Waals surface area contributed by atoms with Crippen LogP contribution in [-0.2, 0) is 0 Å². The van der Waals surface area contributed by atoms with E-state index in [2.05, 4.69) is 15.9 Å². The second-order valence-electron chi connectivity index (χ2n) is 3.39. The van der Waals surface area contributed by atoms with Gasteiger partial charge in [0.15, 0.2) is 0 Å². The van der Waals surface area contributed by atoms with Gasteiger partial charge in [0.2, 0.25) is 0 Å². The molecule has 0 aromatic heterocycles. The molecule has 2 atom stereocenters. The number of aliphatic hydroxyl groups excluding tert-OH is 2. The highest BCUT2D eigenvalue weighted by atomic mass is 79.9. The molecule has 0 saturated heterocycles. The first-order valence-corrected chi connectivity index (χ1v) is 5.89. The zero-order chi connectivity index (χ0) is 12.1. The van der Waals surface area contributed by atoms with E-state index in [-0.39, 0.29) is 11.1 Å². The summed E-state index contributed by atoms with van der Waals surface area (Å²) < 4.78 is 13.4. The summed E-state index contributed by atoms with van der Waals surface area (Å²) in [6.45, 7) is 0. The van der Waals surface area contributed by atoms with Crippen LogP contribution >= 0.6 is 15.9 Å². The number of hydrogen-bond donors (Lipinski definition) is 2. The molecule has 88 valence electrons. The Bertz CT molecular complexity index is 370. The van der Waals surface area contributed by atoms with Crippen molar-refractivity contribution in [1.29, 1.82) is 0 Å². The average Bonchev–Trinajstić information content (AvgIpc) is 2.29. The summed E-state index contributed by atoms with van der Waals surface area (Å²) in [6.07, 6.45) is -1.52. The maximum Gasteiger partial charge on any atom is 0.150 e. The number of carbonyl (C=O) groups is 1. The lowest BCUT2D eigenvalue weighted by Crippen LogP contribution is -2.19. The monoisotopic (exact) mass is 290 g/mol. The summed E-state index contributed by atoms with van der Waals surface area (Å²) in [5.74, 6) is -0.633. The van der Waals surface area contributed by atoms with Gasteiger partial charge in [0.25, 0.3) is 0 Å². The molecule has 0 bridgehead atoms. The van der Waals surface area contributed by atoms with Gasteiger partial charge in [0.1, 0.15) is 18.2 Å². The van der Waals surface area contributed by atoms with E-state index in [1.165, 1.54) is 12.1 Å². The van der Waals surface area contributed by atoms with Crippen LogP contribution < -0.4 is 0 Å². The minimum absolute atomic E-state index is 0.0574. The van der Waals surface area contributed by atoms with Crippen molar-refractivity contribution >= 4 is 22.2 Å². The summed E-state index contributed by atoms with van der Waals surface area (Å²) in [4.78, 5) is 10.5. The van der Waals surface area contributed by atoms with E-state index in [9.17, 15) is 19.4 Å². The highest BCUT2D eigenvalue weighted by molar-refractivity contribution is 9.09. The molecule has 0 saturated carbocycles. The molecular weight excluding hydrogens is 279 g/mol. The van der Waals surface area contributed by atoms with Gasteiger partial charge in [-0.25, -0.2) is 4.39 Å².